The van der Waals surface area contributed by atoms with Gasteiger partial charge in [0.15, 0.2) is 17.2 Å². The topological polar surface area (TPSA) is 91.0 Å². The molecular weight excluding hydrogens is 480 g/mol. The number of fused-ring (bicyclic) bond motifs is 5. The number of alkyl halides is 2. The minimum atomic E-state index is -2.18. The predicted molar refractivity (Wildman–Crippen MR) is 133 cm³/mol. The maximum atomic E-state index is 17.4. The number of rotatable bonds is 6. The summed E-state index contributed by atoms with van der Waals surface area (Å²) in [5.41, 5.74) is -4.33. The molecule has 1 aromatic rings. The van der Waals surface area contributed by atoms with Crippen LogP contribution in [-0.2, 0) is 16.1 Å². The number of aliphatic hydroxyl groups is 2. The molecule has 0 aliphatic heterocycles. The molecule has 0 radical (unpaired) electrons. The van der Waals surface area contributed by atoms with Gasteiger partial charge >= 0.3 is 0 Å². The Morgan fingerprint density at radius 2 is 1.97 bits per heavy atom. The summed E-state index contributed by atoms with van der Waals surface area (Å²) in [5.74, 6) is -1.09. The number of nitrogens with zero attached hydrogens (tertiary/aromatic N) is 1. The van der Waals surface area contributed by atoms with Crippen molar-refractivity contribution >= 4 is 11.6 Å². The van der Waals surface area contributed by atoms with E-state index in [0.717, 1.165) is 11.5 Å². The van der Waals surface area contributed by atoms with Gasteiger partial charge in [-0.25, -0.2) is 8.78 Å². The molecule has 0 saturated heterocycles. The van der Waals surface area contributed by atoms with Crippen molar-refractivity contribution in [1.29, 1.82) is 0 Å². The SMILES string of the molecule is Cc1ccc(CN(C)C[C@@H]2CC3[C@@H]4C[C@H](F)C5=CC(=O)C=C[C@]5(C)[C@@]4(F)[C@@H](O)C[C@]3(C)C2C(=O)CO)o1. The third kappa shape index (κ3) is 3.81. The number of halogens is 2. The first-order valence-corrected chi connectivity index (χ1v) is 13.2. The molecule has 8 heteroatoms. The van der Waals surface area contributed by atoms with E-state index in [4.69, 9.17) is 4.42 Å². The highest BCUT2D eigenvalue weighted by Gasteiger charge is 2.73. The molecule has 1 heterocycles. The van der Waals surface area contributed by atoms with Crippen LogP contribution in [0.1, 0.15) is 44.6 Å². The van der Waals surface area contributed by atoms with Crippen molar-refractivity contribution in [3.8, 4) is 0 Å². The molecule has 1 aromatic heterocycles. The lowest BCUT2D eigenvalue weighted by Gasteiger charge is -2.62. The van der Waals surface area contributed by atoms with E-state index in [2.05, 4.69) is 4.90 Å². The Balaban J connectivity index is 1.50. The molecule has 2 unspecified atom stereocenters. The van der Waals surface area contributed by atoms with Crippen LogP contribution in [0.25, 0.3) is 0 Å². The van der Waals surface area contributed by atoms with Crippen molar-refractivity contribution in [2.45, 2.75) is 64.5 Å². The smallest absolute Gasteiger partial charge is 0.178 e. The van der Waals surface area contributed by atoms with Gasteiger partial charge < -0.3 is 14.6 Å². The lowest BCUT2D eigenvalue weighted by molar-refractivity contribution is -0.202. The summed E-state index contributed by atoms with van der Waals surface area (Å²) in [6, 6.07) is 3.80. The summed E-state index contributed by atoms with van der Waals surface area (Å²) < 4.78 is 38.7. The Kier molecular flexibility index (Phi) is 6.40. The lowest BCUT2D eigenvalue weighted by Crippen LogP contribution is -2.68. The van der Waals surface area contributed by atoms with Gasteiger partial charge in [-0.15, -0.1) is 0 Å². The number of furan rings is 1. The standard InChI is InChI=1S/C29H37F2NO5/c1-16-5-6-19(37-16)14-32(4)13-17-9-20-21-11-23(30)22-10-18(34)7-8-28(22,3)29(21,31)25(36)12-27(20,2)26(17)24(35)15-33/h5-8,10,17,20-21,23,25-26,33,36H,9,11-15H2,1-4H3/t17-,20?,21-,23-,25-,26?,27-,28-,29-/m0/s1. The highest BCUT2D eigenvalue weighted by Crippen LogP contribution is 2.70. The second-order valence-corrected chi connectivity index (χ2v) is 12.3. The van der Waals surface area contributed by atoms with Gasteiger partial charge in [0.1, 0.15) is 24.3 Å². The Bertz CT molecular complexity index is 1160. The van der Waals surface area contributed by atoms with E-state index in [1.54, 1.807) is 6.92 Å². The number of hydrogen-bond donors (Lipinski definition) is 2. The highest BCUT2D eigenvalue weighted by molar-refractivity contribution is 6.01. The lowest BCUT2D eigenvalue weighted by atomic mass is 9.45. The van der Waals surface area contributed by atoms with Gasteiger partial charge in [0.2, 0.25) is 0 Å². The van der Waals surface area contributed by atoms with Gasteiger partial charge in [-0.3, -0.25) is 14.5 Å². The molecule has 4 aliphatic carbocycles. The first-order valence-electron chi connectivity index (χ1n) is 13.2. The quantitative estimate of drug-likeness (QED) is 0.598. The average Bonchev–Trinajstić information content (AvgIpc) is 3.36. The number of carbonyl (C=O) groups excluding carboxylic acids is 2. The van der Waals surface area contributed by atoms with Crippen molar-refractivity contribution in [2.24, 2.45) is 34.5 Å². The van der Waals surface area contributed by atoms with E-state index >= 15 is 8.78 Å². The van der Waals surface area contributed by atoms with Crippen molar-refractivity contribution in [1.82, 2.24) is 4.90 Å². The molecule has 3 saturated carbocycles. The van der Waals surface area contributed by atoms with Gasteiger partial charge in [0.25, 0.3) is 0 Å². The van der Waals surface area contributed by atoms with E-state index < -0.39 is 47.2 Å². The molecule has 6 nitrogen and oxygen atoms in total. The molecule has 5 rings (SSSR count). The van der Waals surface area contributed by atoms with Crippen LogP contribution in [0.3, 0.4) is 0 Å². The van der Waals surface area contributed by atoms with Gasteiger partial charge in [-0.1, -0.05) is 13.0 Å². The summed E-state index contributed by atoms with van der Waals surface area (Å²) in [4.78, 5) is 27.3. The number of aryl methyl sites for hydroxylation is 1. The minimum absolute atomic E-state index is 0.0281. The summed E-state index contributed by atoms with van der Waals surface area (Å²) in [6.07, 6.45) is 1.28. The first-order chi connectivity index (χ1) is 17.3. The van der Waals surface area contributed by atoms with Crippen LogP contribution in [0, 0.1) is 41.4 Å². The summed E-state index contributed by atoms with van der Waals surface area (Å²) in [5, 5.41) is 21.3. The van der Waals surface area contributed by atoms with Crippen LogP contribution in [-0.4, -0.2) is 64.8 Å². The Hall–Kier alpha value is -2.16. The maximum absolute atomic E-state index is 17.4. The molecular formula is C29H37F2NO5. The molecule has 3 fully saturated rings. The summed E-state index contributed by atoms with van der Waals surface area (Å²) in [6.45, 7) is 5.76. The molecule has 0 spiro atoms. The fourth-order valence-electron chi connectivity index (χ4n) is 8.60. The Morgan fingerprint density at radius 1 is 1.24 bits per heavy atom. The molecule has 37 heavy (non-hydrogen) atoms. The summed E-state index contributed by atoms with van der Waals surface area (Å²) in [7, 11) is 1.93. The molecule has 4 aliphatic rings. The second kappa shape index (κ2) is 8.95. The molecule has 0 amide bonds. The fraction of sp³-hybridized carbons (Fsp3) is 0.655. The van der Waals surface area contributed by atoms with Crippen molar-refractivity contribution in [3.63, 3.8) is 0 Å². The number of allylic oxidation sites excluding steroid dienone is 4. The van der Waals surface area contributed by atoms with Crippen molar-refractivity contribution < 1.29 is 33.0 Å². The van der Waals surface area contributed by atoms with E-state index in [1.807, 2.05) is 33.0 Å². The molecule has 0 bridgehead atoms. The van der Waals surface area contributed by atoms with Crippen LogP contribution < -0.4 is 0 Å². The van der Waals surface area contributed by atoms with E-state index in [0.29, 0.717) is 19.5 Å². The number of hydrogen-bond acceptors (Lipinski definition) is 6. The van der Waals surface area contributed by atoms with Crippen LogP contribution >= 0.6 is 0 Å². The van der Waals surface area contributed by atoms with Crippen LogP contribution in [0.5, 0.6) is 0 Å². The fourth-order valence-corrected chi connectivity index (χ4v) is 8.60. The highest BCUT2D eigenvalue weighted by atomic mass is 19.1. The van der Waals surface area contributed by atoms with Crippen molar-refractivity contribution in [2.75, 3.05) is 20.2 Å². The Morgan fingerprint density at radius 3 is 2.62 bits per heavy atom. The maximum Gasteiger partial charge on any atom is 0.178 e. The molecule has 0 aromatic carbocycles. The largest absolute Gasteiger partial charge is 0.465 e. The van der Waals surface area contributed by atoms with Gasteiger partial charge in [-0.05, 0) is 87.3 Å². The van der Waals surface area contributed by atoms with Crippen molar-refractivity contribution in [3.05, 3.63) is 47.5 Å². The predicted octanol–water partition coefficient (Wildman–Crippen LogP) is 3.74. The number of carbonyl (C=O) groups is 2. The summed E-state index contributed by atoms with van der Waals surface area (Å²) >= 11 is 0. The number of ketones is 2. The van der Waals surface area contributed by atoms with Gasteiger partial charge in [0.05, 0.1) is 12.6 Å². The zero-order valence-corrected chi connectivity index (χ0v) is 21.9. The average molecular weight is 518 g/mol. The van der Waals surface area contributed by atoms with Gasteiger partial charge in [-0.2, -0.15) is 0 Å². The number of aliphatic hydroxyl groups excluding tert-OH is 2. The molecule has 202 valence electrons. The Labute approximate surface area is 216 Å². The minimum Gasteiger partial charge on any atom is -0.465 e. The van der Waals surface area contributed by atoms with Crippen LogP contribution in [0.4, 0.5) is 8.78 Å². The van der Waals surface area contributed by atoms with E-state index in [-0.39, 0.29) is 41.8 Å². The third-order valence-electron chi connectivity index (χ3n) is 10.1. The second-order valence-electron chi connectivity index (χ2n) is 12.3. The third-order valence-corrected chi connectivity index (χ3v) is 10.1. The van der Waals surface area contributed by atoms with Crippen LogP contribution in [0.2, 0.25) is 0 Å². The monoisotopic (exact) mass is 517 g/mol. The molecule has 9 atom stereocenters. The first kappa shape index (κ1) is 26.4. The van der Waals surface area contributed by atoms with E-state index in [1.165, 1.54) is 18.2 Å². The van der Waals surface area contributed by atoms with Crippen LogP contribution in [0.15, 0.2) is 40.4 Å². The zero-order valence-electron chi connectivity index (χ0n) is 21.9. The van der Waals surface area contributed by atoms with Gasteiger partial charge in [0, 0.05) is 23.8 Å². The normalized spacial score (nSPS) is 42.8. The van der Waals surface area contributed by atoms with E-state index in [9.17, 15) is 19.8 Å². The zero-order chi connectivity index (χ0) is 26.9. The molecule has 2 N–H and O–H groups in total. The number of Topliss-reactive ketones (excluding diaryl/α,β-unsaturated/α-hetero) is 1.